The number of rotatable bonds is 4. The number of aliphatic hydroxyl groups is 1. The molecule has 1 fully saturated rings. The molecule has 2 heterocycles. The van der Waals surface area contributed by atoms with Crippen molar-refractivity contribution in [3.05, 3.63) is 54.1 Å². The van der Waals surface area contributed by atoms with Crippen LogP contribution in [0.5, 0.6) is 0 Å². The molecule has 0 aliphatic carbocycles. The molecule has 0 atom stereocenters. The second-order valence-corrected chi connectivity index (χ2v) is 5.98. The van der Waals surface area contributed by atoms with Gasteiger partial charge in [0.15, 0.2) is 0 Å². The van der Waals surface area contributed by atoms with Crippen LogP contribution < -0.4 is 10.2 Å². The number of aromatic nitrogens is 1. The van der Waals surface area contributed by atoms with Crippen molar-refractivity contribution in [1.82, 2.24) is 4.98 Å². The summed E-state index contributed by atoms with van der Waals surface area (Å²) >= 11 is 0. The van der Waals surface area contributed by atoms with Crippen LogP contribution in [0.25, 0.3) is 0 Å². The van der Waals surface area contributed by atoms with Crippen molar-refractivity contribution in [3.8, 4) is 0 Å². The van der Waals surface area contributed by atoms with E-state index in [2.05, 4.69) is 15.2 Å². The third-order valence-corrected chi connectivity index (χ3v) is 4.33. The highest BCUT2D eigenvalue weighted by molar-refractivity contribution is 6.05. The number of anilines is 2. The number of benzene rings is 1. The molecule has 5 nitrogen and oxygen atoms in total. The third-order valence-electron chi connectivity index (χ3n) is 4.33. The highest BCUT2D eigenvalue weighted by Gasteiger charge is 2.21. The zero-order valence-electron chi connectivity index (χ0n) is 13.3. The molecule has 2 N–H and O–H groups in total. The maximum atomic E-state index is 13.2. The summed E-state index contributed by atoms with van der Waals surface area (Å²) in [5, 5.41) is 12.1. The number of carbonyl (C=O) groups excluding carboxylic acids is 1. The van der Waals surface area contributed by atoms with Crippen LogP contribution >= 0.6 is 0 Å². The Kier molecular flexibility index (Phi) is 5.05. The van der Waals surface area contributed by atoms with Gasteiger partial charge >= 0.3 is 0 Å². The van der Waals surface area contributed by atoms with Gasteiger partial charge in [-0.2, -0.15) is 0 Å². The monoisotopic (exact) mass is 329 g/mol. The predicted molar refractivity (Wildman–Crippen MR) is 90.6 cm³/mol. The largest absolute Gasteiger partial charge is 0.396 e. The zero-order chi connectivity index (χ0) is 16.9. The molecule has 1 aliphatic heterocycles. The molecule has 0 radical (unpaired) electrons. The summed E-state index contributed by atoms with van der Waals surface area (Å²) < 4.78 is 13.2. The van der Waals surface area contributed by atoms with Crippen LogP contribution in [0.15, 0.2) is 42.7 Å². The molecule has 1 aromatic carbocycles. The van der Waals surface area contributed by atoms with E-state index >= 15 is 0 Å². The number of hydrogen-bond donors (Lipinski definition) is 2. The lowest BCUT2D eigenvalue weighted by Crippen LogP contribution is -2.35. The Labute approximate surface area is 140 Å². The first-order valence-electron chi connectivity index (χ1n) is 8.04. The van der Waals surface area contributed by atoms with Gasteiger partial charge in [0.1, 0.15) is 5.82 Å². The first kappa shape index (κ1) is 16.4. The van der Waals surface area contributed by atoms with E-state index in [-0.39, 0.29) is 18.1 Å². The average molecular weight is 329 g/mol. The summed E-state index contributed by atoms with van der Waals surface area (Å²) in [5.74, 6) is -0.580. The fourth-order valence-electron chi connectivity index (χ4n) is 2.94. The molecule has 1 aliphatic rings. The Balaban J connectivity index is 1.76. The molecular weight excluding hydrogens is 309 g/mol. The number of aliphatic hydroxyl groups excluding tert-OH is 1. The highest BCUT2D eigenvalue weighted by atomic mass is 19.1. The van der Waals surface area contributed by atoms with Gasteiger partial charge in [0.25, 0.3) is 5.91 Å². The van der Waals surface area contributed by atoms with E-state index in [0.29, 0.717) is 11.6 Å². The molecule has 0 saturated carbocycles. The standard InChI is InChI=1S/C18H20FN3O2/c19-15-9-14(10-20-11-15)18(24)21-16-3-1-2-4-17(16)22-7-5-13(12-23)6-8-22/h1-4,9-11,13,23H,5-8,12H2,(H,21,24). The van der Waals surface area contributed by atoms with Gasteiger partial charge < -0.3 is 15.3 Å². The molecule has 126 valence electrons. The number of halogens is 1. The van der Waals surface area contributed by atoms with Gasteiger partial charge in [0.2, 0.25) is 0 Å². The Morgan fingerprint density at radius 1 is 1.29 bits per heavy atom. The van der Waals surface area contributed by atoms with E-state index in [1.54, 1.807) is 0 Å². The first-order valence-corrected chi connectivity index (χ1v) is 8.04. The van der Waals surface area contributed by atoms with E-state index in [4.69, 9.17) is 0 Å². The summed E-state index contributed by atoms with van der Waals surface area (Å²) in [4.78, 5) is 18.2. The van der Waals surface area contributed by atoms with Crippen LogP contribution in [0.4, 0.5) is 15.8 Å². The second kappa shape index (κ2) is 7.40. The van der Waals surface area contributed by atoms with Gasteiger partial charge in [0.05, 0.1) is 23.1 Å². The third kappa shape index (κ3) is 3.71. The van der Waals surface area contributed by atoms with Crippen molar-refractivity contribution in [2.75, 3.05) is 29.9 Å². The topological polar surface area (TPSA) is 65.5 Å². The number of nitrogens with one attached hydrogen (secondary N) is 1. The van der Waals surface area contributed by atoms with Gasteiger partial charge in [-0.05, 0) is 37.0 Å². The number of para-hydroxylation sites is 2. The van der Waals surface area contributed by atoms with Gasteiger partial charge in [0, 0.05) is 25.9 Å². The Morgan fingerprint density at radius 2 is 2.04 bits per heavy atom. The molecule has 6 heteroatoms. The number of carbonyl (C=O) groups is 1. The van der Waals surface area contributed by atoms with Crippen LogP contribution in [0, 0.1) is 11.7 Å². The van der Waals surface area contributed by atoms with Crippen LogP contribution in [0.2, 0.25) is 0 Å². The fraction of sp³-hybridized carbons (Fsp3) is 0.333. The minimum atomic E-state index is -0.540. The van der Waals surface area contributed by atoms with Crippen LogP contribution in [0.1, 0.15) is 23.2 Å². The minimum Gasteiger partial charge on any atom is -0.396 e. The van der Waals surface area contributed by atoms with Crippen molar-refractivity contribution < 1.29 is 14.3 Å². The van der Waals surface area contributed by atoms with E-state index in [1.807, 2.05) is 24.3 Å². The van der Waals surface area contributed by atoms with E-state index in [1.165, 1.54) is 6.20 Å². The summed E-state index contributed by atoms with van der Waals surface area (Å²) in [6.45, 7) is 1.89. The molecular formula is C18H20FN3O2. The molecule has 0 spiro atoms. The van der Waals surface area contributed by atoms with Crippen molar-refractivity contribution in [3.63, 3.8) is 0 Å². The highest BCUT2D eigenvalue weighted by Crippen LogP contribution is 2.30. The van der Waals surface area contributed by atoms with Gasteiger partial charge in [-0.25, -0.2) is 4.39 Å². The Bertz CT molecular complexity index is 715. The van der Waals surface area contributed by atoms with Crippen molar-refractivity contribution in [2.45, 2.75) is 12.8 Å². The fourth-order valence-corrected chi connectivity index (χ4v) is 2.94. The molecule has 0 unspecified atom stereocenters. The lowest BCUT2D eigenvalue weighted by Gasteiger charge is -2.34. The van der Waals surface area contributed by atoms with E-state index in [9.17, 15) is 14.3 Å². The number of piperidine rings is 1. The molecule has 1 aromatic heterocycles. The van der Waals surface area contributed by atoms with Gasteiger partial charge in [-0.15, -0.1) is 0 Å². The molecule has 2 aromatic rings. The zero-order valence-corrected chi connectivity index (χ0v) is 13.3. The second-order valence-electron chi connectivity index (χ2n) is 5.98. The minimum absolute atomic E-state index is 0.184. The molecule has 3 rings (SSSR count). The summed E-state index contributed by atoms with van der Waals surface area (Å²) in [6, 6.07) is 8.73. The van der Waals surface area contributed by atoms with Crippen molar-refractivity contribution >= 4 is 17.3 Å². The summed E-state index contributed by atoms with van der Waals surface area (Å²) in [7, 11) is 0. The van der Waals surface area contributed by atoms with E-state index in [0.717, 1.165) is 43.9 Å². The lowest BCUT2D eigenvalue weighted by molar-refractivity contribution is 0.102. The summed E-state index contributed by atoms with van der Waals surface area (Å²) in [6.07, 6.45) is 4.25. The van der Waals surface area contributed by atoms with Crippen molar-refractivity contribution in [1.29, 1.82) is 0 Å². The van der Waals surface area contributed by atoms with Crippen LogP contribution in [-0.4, -0.2) is 35.7 Å². The molecule has 1 amide bonds. The quantitative estimate of drug-likeness (QED) is 0.905. The molecule has 1 saturated heterocycles. The van der Waals surface area contributed by atoms with E-state index < -0.39 is 5.82 Å². The smallest absolute Gasteiger partial charge is 0.257 e. The lowest BCUT2D eigenvalue weighted by atomic mass is 9.97. The number of nitrogens with zero attached hydrogens (tertiary/aromatic N) is 2. The maximum Gasteiger partial charge on any atom is 0.257 e. The van der Waals surface area contributed by atoms with Crippen molar-refractivity contribution in [2.24, 2.45) is 5.92 Å². The number of hydrogen-bond acceptors (Lipinski definition) is 4. The SMILES string of the molecule is O=C(Nc1ccccc1N1CCC(CO)CC1)c1cncc(F)c1. The Morgan fingerprint density at radius 3 is 2.75 bits per heavy atom. The predicted octanol–water partition coefficient (Wildman–Crippen LogP) is 2.68. The average Bonchev–Trinajstić information content (AvgIpc) is 2.62. The maximum absolute atomic E-state index is 13.2. The molecule has 0 bridgehead atoms. The first-order chi connectivity index (χ1) is 11.7. The number of pyridine rings is 1. The van der Waals surface area contributed by atoms with Crippen LogP contribution in [-0.2, 0) is 0 Å². The normalized spacial score (nSPS) is 15.3. The Hall–Kier alpha value is -2.47. The van der Waals surface area contributed by atoms with Gasteiger partial charge in [-0.1, -0.05) is 12.1 Å². The van der Waals surface area contributed by atoms with Crippen LogP contribution in [0.3, 0.4) is 0 Å². The summed E-state index contributed by atoms with van der Waals surface area (Å²) in [5.41, 5.74) is 1.81. The number of amides is 1. The van der Waals surface area contributed by atoms with Gasteiger partial charge in [-0.3, -0.25) is 9.78 Å². The molecule has 24 heavy (non-hydrogen) atoms.